The molecule has 2 aromatic rings. The number of hydrogen-bond acceptors (Lipinski definition) is 3. The van der Waals surface area contributed by atoms with Gasteiger partial charge >= 0.3 is 0 Å². The van der Waals surface area contributed by atoms with Crippen molar-refractivity contribution in [1.29, 1.82) is 0 Å². The topological polar surface area (TPSA) is 61.4 Å². The zero-order valence-electron chi connectivity index (χ0n) is 14.4. The molecule has 5 nitrogen and oxygen atoms in total. The van der Waals surface area contributed by atoms with Gasteiger partial charge in [0.1, 0.15) is 0 Å². The number of nitrogens with zero attached hydrogens (tertiary/aromatic N) is 1. The number of para-hydroxylation sites is 1. The molecule has 0 saturated heterocycles. The van der Waals surface area contributed by atoms with Gasteiger partial charge < -0.3 is 15.5 Å². The molecule has 130 valence electrons. The van der Waals surface area contributed by atoms with Gasteiger partial charge in [-0.3, -0.25) is 9.59 Å². The number of aryl methyl sites for hydroxylation is 1. The zero-order chi connectivity index (χ0) is 17.6. The number of anilines is 2. The lowest BCUT2D eigenvalue weighted by atomic mass is 10.0. The van der Waals surface area contributed by atoms with E-state index in [1.165, 1.54) is 5.56 Å². The van der Waals surface area contributed by atoms with Gasteiger partial charge in [0.05, 0.1) is 6.54 Å². The summed E-state index contributed by atoms with van der Waals surface area (Å²) in [6, 6.07) is 15.2. The highest BCUT2D eigenvalue weighted by molar-refractivity contribution is 5.96. The Balaban J connectivity index is 1.61. The largest absolute Gasteiger partial charge is 0.362 e. The van der Waals surface area contributed by atoms with Crippen molar-refractivity contribution in [2.45, 2.75) is 19.8 Å². The monoisotopic (exact) mass is 337 g/mol. The minimum atomic E-state index is -0.106. The minimum absolute atomic E-state index is 0.0533. The van der Waals surface area contributed by atoms with Gasteiger partial charge in [0.2, 0.25) is 5.91 Å². The highest BCUT2D eigenvalue weighted by Gasteiger charge is 2.18. The third-order valence-corrected chi connectivity index (χ3v) is 4.31. The summed E-state index contributed by atoms with van der Waals surface area (Å²) in [5, 5.41) is 5.66. The number of hydrogen-bond donors (Lipinski definition) is 2. The summed E-state index contributed by atoms with van der Waals surface area (Å²) in [6.45, 7) is 3.69. The second-order valence-corrected chi connectivity index (χ2v) is 6.14. The van der Waals surface area contributed by atoms with Gasteiger partial charge in [-0.15, -0.1) is 0 Å². The lowest BCUT2D eigenvalue weighted by Gasteiger charge is -2.30. The molecule has 0 aromatic heterocycles. The third-order valence-electron chi connectivity index (χ3n) is 4.31. The van der Waals surface area contributed by atoms with Crippen LogP contribution >= 0.6 is 0 Å². The molecule has 0 aliphatic carbocycles. The average Bonchev–Trinajstić information content (AvgIpc) is 2.63. The quantitative estimate of drug-likeness (QED) is 0.882. The van der Waals surface area contributed by atoms with Crippen LogP contribution in [0.2, 0.25) is 0 Å². The van der Waals surface area contributed by atoms with E-state index >= 15 is 0 Å². The number of rotatable bonds is 5. The van der Waals surface area contributed by atoms with Crippen LogP contribution in [-0.2, 0) is 11.2 Å². The molecule has 3 rings (SSSR count). The lowest BCUT2D eigenvalue weighted by molar-refractivity contribution is -0.115. The fourth-order valence-electron chi connectivity index (χ4n) is 3.12. The number of nitrogens with one attached hydrogen (secondary N) is 2. The van der Waals surface area contributed by atoms with Crippen LogP contribution in [-0.4, -0.2) is 31.4 Å². The van der Waals surface area contributed by atoms with Crippen molar-refractivity contribution in [2.75, 3.05) is 29.9 Å². The normalized spacial score (nSPS) is 13.1. The van der Waals surface area contributed by atoms with Gasteiger partial charge in [0, 0.05) is 30.0 Å². The molecule has 25 heavy (non-hydrogen) atoms. The van der Waals surface area contributed by atoms with Crippen LogP contribution < -0.4 is 15.5 Å². The van der Waals surface area contributed by atoms with Crippen molar-refractivity contribution in [3.8, 4) is 0 Å². The molecule has 0 spiro atoms. The molecular weight excluding hydrogens is 314 g/mol. The van der Waals surface area contributed by atoms with E-state index in [1.54, 1.807) is 24.3 Å². The Kier molecular flexibility index (Phi) is 5.33. The van der Waals surface area contributed by atoms with Gasteiger partial charge in [-0.2, -0.15) is 0 Å². The summed E-state index contributed by atoms with van der Waals surface area (Å²) in [4.78, 5) is 26.3. The molecule has 0 bridgehead atoms. The highest BCUT2D eigenvalue weighted by Crippen LogP contribution is 2.26. The highest BCUT2D eigenvalue weighted by atomic mass is 16.2. The van der Waals surface area contributed by atoms with Crippen LogP contribution in [0.1, 0.15) is 29.3 Å². The van der Waals surface area contributed by atoms with E-state index in [-0.39, 0.29) is 11.8 Å². The Labute approximate surface area is 148 Å². The minimum Gasteiger partial charge on any atom is -0.362 e. The SMILES string of the molecule is CCNC(=O)c1ccc(NC(=O)CN2CCCc3ccccc32)cc1. The predicted molar refractivity (Wildman–Crippen MR) is 100 cm³/mol. The van der Waals surface area contributed by atoms with Crippen molar-refractivity contribution >= 4 is 23.2 Å². The van der Waals surface area contributed by atoms with Crippen molar-refractivity contribution in [2.24, 2.45) is 0 Å². The molecule has 2 aromatic carbocycles. The standard InChI is InChI=1S/C20H23N3O2/c1-2-21-20(25)16-9-11-17(12-10-16)22-19(24)14-23-13-5-7-15-6-3-4-8-18(15)23/h3-4,6,8-12H,2,5,7,13-14H2,1H3,(H,21,25)(H,22,24). The van der Waals surface area contributed by atoms with Crippen LogP contribution in [0.3, 0.4) is 0 Å². The van der Waals surface area contributed by atoms with Crippen LogP contribution in [0.25, 0.3) is 0 Å². The number of carbonyl (C=O) groups excluding carboxylic acids is 2. The van der Waals surface area contributed by atoms with Gasteiger partial charge in [0.15, 0.2) is 0 Å². The first-order valence-electron chi connectivity index (χ1n) is 8.68. The molecule has 2 N–H and O–H groups in total. The molecule has 1 aliphatic rings. The smallest absolute Gasteiger partial charge is 0.251 e. The van der Waals surface area contributed by atoms with Gasteiger partial charge in [-0.1, -0.05) is 18.2 Å². The summed E-state index contributed by atoms with van der Waals surface area (Å²) >= 11 is 0. The predicted octanol–water partition coefficient (Wildman–Crippen LogP) is 2.83. The maximum Gasteiger partial charge on any atom is 0.251 e. The Morgan fingerprint density at radius 1 is 1.08 bits per heavy atom. The van der Waals surface area contributed by atoms with E-state index in [4.69, 9.17) is 0 Å². The summed E-state index contributed by atoms with van der Waals surface area (Å²) in [7, 11) is 0. The first-order valence-corrected chi connectivity index (χ1v) is 8.68. The molecule has 5 heteroatoms. The molecule has 0 atom stereocenters. The van der Waals surface area contributed by atoms with Crippen molar-refractivity contribution in [3.63, 3.8) is 0 Å². The number of fused-ring (bicyclic) bond motifs is 1. The van der Waals surface area contributed by atoms with Gasteiger partial charge in [-0.25, -0.2) is 0 Å². The fraction of sp³-hybridized carbons (Fsp3) is 0.300. The second-order valence-electron chi connectivity index (χ2n) is 6.14. The molecule has 1 heterocycles. The van der Waals surface area contributed by atoms with E-state index < -0.39 is 0 Å². The van der Waals surface area contributed by atoms with E-state index in [0.29, 0.717) is 24.3 Å². The lowest BCUT2D eigenvalue weighted by Crippen LogP contribution is -2.36. The zero-order valence-corrected chi connectivity index (χ0v) is 14.4. The van der Waals surface area contributed by atoms with Crippen molar-refractivity contribution in [1.82, 2.24) is 5.32 Å². The van der Waals surface area contributed by atoms with E-state index in [1.807, 2.05) is 19.1 Å². The van der Waals surface area contributed by atoms with Crippen LogP contribution in [0.15, 0.2) is 48.5 Å². The Bertz CT molecular complexity index is 756. The van der Waals surface area contributed by atoms with E-state index in [9.17, 15) is 9.59 Å². The summed E-state index contributed by atoms with van der Waals surface area (Å²) in [5.41, 5.74) is 3.73. The molecule has 1 aliphatic heterocycles. The first kappa shape index (κ1) is 17.0. The molecule has 0 radical (unpaired) electrons. The number of amides is 2. The molecule has 2 amide bonds. The summed E-state index contributed by atoms with van der Waals surface area (Å²) < 4.78 is 0. The first-order chi connectivity index (χ1) is 12.2. The molecule has 0 unspecified atom stereocenters. The maximum absolute atomic E-state index is 12.4. The van der Waals surface area contributed by atoms with Crippen LogP contribution in [0.5, 0.6) is 0 Å². The van der Waals surface area contributed by atoms with Crippen LogP contribution in [0, 0.1) is 0 Å². The molecule has 0 fully saturated rings. The van der Waals surface area contributed by atoms with E-state index in [2.05, 4.69) is 27.7 Å². The van der Waals surface area contributed by atoms with Crippen molar-refractivity contribution < 1.29 is 9.59 Å². The molecular formula is C20H23N3O2. The second kappa shape index (κ2) is 7.83. The Morgan fingerprint density at radius 3 is 2.60 bits per heavy atom. The Hall–Kier alpha value is -2.82. The van der Waals surface area contributed by atoms with E-state index in [0.717, 1.165) is 25.1 Å². The number of benzene rings is 2. The fourth-order valence-corrected chi connectivity index (χ4v) is 3.12. The summed E-state index contributed by atoms with van der Waals surface area (Å²) in [6.07, 6.45) is 2.13. The van der Waals surface area contributed by atoms with Gasteiger partial charge in [-0.05, 0) is 55.7 Å². The molecule has 0 saturated carbocycles. The average molecular weight is 337 g/mol. The summed E-state index contributed by atoms with van der Waals surface area (Å²) in [5.74, 6) is -0.159. The maximum atomic E-state index is 12.4. The van der Waals surface area contributed by atoms with Gasteiger partial charge in [0.25, 0.3) is 5.91 Å². The van der Waals surface area contributed by atoms with Crippen molar-refractivity contribution in [3.05, 3.63) is 59.7 Å². The van der Waals surface area contributed by atoms with Crippen LogP contribution in [0.4, 0.5) is 11.4 Å². The number of carbonyl (C=O) groups is 2. The third kappa shape index (κ3) is 4.18. The Morgan fingerprint density at radius 2 is 1.84 bits per heavy atom.